The molecule has 0 radical (unpaired) electrons. The number of ether oxygens (including phenoxy) is 1. The fraction of sp³-hybridized carbons (Fsp3) is 0.571. The zero-order chi connectivity index (χ0) is 13.0. The zero-order valence-electron chi connectivity index (χ0n) is 10.7. The third-order valence-electron chi connectivity index (χ3n) is 3.32. The van der Waals surface area contributed by atoms with Crippen molar-refractivity contribution in [2.24, 2.45) is 0 Å². The molecule has 1 aliphatic rings. The number of sulfone groups is 1. The Morgan fingerprint density at radius 2 is 1.83 bits per heavy atom. The minimum absolute atomic E-state index is 0.0986. The second-order valence-electron chi connectivity index (χ2n) is 4.95. The first kappa shape index (κ1) is 13.6. The van der Waals surface area contributed by atoms with Crippen LogP contribution in [0.25, 0.3) is 0 Å². The number of hydrogen-bond acceptors (Lipinski definition) is 3. The lowest BCUT2D eigenvalue weighted by atomic mass is 10.1. The van der Waals surface area contributed by atoms with Crippen molar-refractivity contribution < 1.29 is 13.2 Å². The fourth-order valence-corrected chi connectivity index (χ4v) is 3.86. The summed E-state index contributed by atoms with van der Waals surface area (Å²) < 4.78 is 30.3. The van der Waals surface area contributed by atoms with E-state index in [4.69, 9.17) is 4.74 Å². The average molecular weight is 268 g/mol. The highest BCUT2D eigenvalue weighted by atomic mass is 32.2. The highest BCUT2D eigenvalue weighted by Crippen LogP contribution is 2.21. The van der Waals surface area contributed by atoms with Gasteiger partial charge in [0.15, 0.2) is 9.84 Å². The molecule has 1 aromatic rings. The molecule has 1 fully saturated rings. The lowest BCUT2D eigenvalue weighted by molar-refractivity contribution is 0.0149. The first-order chi connectivity index (χ1) is 8.58. The van der Waals surface area contributed by atoms with Crippen molar-refractivity contribution in [1.29, 1.82) is 0 Å². The van der Waals surface area contributed by atoms with Crippen LogP contribution < -0.4 is 0 Å². The lowest BCUT2D eigenvalue weighted by Crippen LogP contribution is -2.26. The smallest absolute Gasteiger partial charge is 0.180 e. The summed E-state index contributed by atoms with van der Waals surface area (Å²) in [5.41, 5.74) is 0. The number of rotatable bonds is 3. The molecule has 0 N–H and O–H groups in total. The maximum Gasteiger partial charge on any atom is 0.180 e. The SMILES string of the molecule is C[C@H]1CCCC[C@@H](CS(=O)(=O)c2ccccc2)O1. The molecule has 3 nitrogen and oxygen atoms in total. The van der Waals surface area contributed by atoms with Crippen molar-refractivity contribution in [2.45, 2.75) is 49.7 Å². The fourth-order valence-electron chi connectivity index (χ4n) is 2.36. The number of hydrogen-bond donors (Lipinski definition) is 0. The summed E-state index contributed by atoms with van der Waals surface area (Å²) in [4.78, 5) is 0.394. The summed E-state index contributed by atoms with van der Waals surface area (Å²) in [6.07, 6.45) is 4.07. The van der Waals surface area contributed by atoms with Crippen molar-refractivity contribution in [1.82, 2.24) is 0 Å². The molecule has 0 aromatic heterocycles. The molecule has 0 amide bonds. The van der Waals surface area contributed by atoms with Crippen LogP contribution in [0.1, 0.15) is 32.6 Å². The van der Waals surface area contributed by atoms with Gasteiger partial charge in [-0.05, 0) is 31.9 Å². The van der Waals surface area contributed by atoms with Gasteiger partial charge < -0.3 is 4.74 Å². The molecular weight excluding hydrogens is 248 g/mol. The lowest BCUT2D eigenvalue weighted by Gasteiger charge is -2.18. The minimum Gasteiger partial charge on any atom is -0.374 e. The molecule has 0 bridgehead atoms. The zero-order valence-corrected chi connectivity index (χ0v) is 11.5. The van der Waals surface area contributed by atoms with E-state index in [0.29, 0.717) is 4.90 Å². The molecule has 1 heterocycles. The van der Waals surface area contributed by atoms with E-state index in [9.17, 15) is 8.42 Å². The van der Waals surface area contributed by atoms with E-state index in [1.807, 2.05) is 13.0 Å². The standard InChI is InChI=1S/C14H20O3S/c1-12-7-5-6-8-13(17-12)11-18(15,16)14-9-3-2-4-10-14/h2-4,9-10,12-13H,5-8,11H2,1H3/t12-,13-/m0/s1. The van der Waals surface area contributed by atoms with E-state index in [1.54, 1.807) is 24.3 Å². The van der Waals surface area contributed by atoms with Gasteiger partial charge in [0.2, 0.25) is 0 Å². The predicted octanol–water partition coefficient (Wildman–Crippen LogP) is 2.81. The topological polar surface area (TPSA) is 43.4 Å². The molecule has 4 heteroatoms. The van der Waals surface area contributed by atoms with Gasteiger partial charge in [-0.3, -0.25) is 0 Å². The van der Waals surface area contributed by atoms with E-state index in [0.717, 1.165) is 25.7 Å². The first-order valence-electron chi connectivity index (χ1n) is 6.51. The van der Waals surface area contributed by atoms with Crippen LogP contribution in [0.15, 0.2) is 35.2 Å². The normalized spacial score (nSPS) is 25.6. The molecule has 1 saturated heterocycles. The predicted molar refractivity (Wildman–Crippen MR) is 71.3 cm³/mol. The molecule has 1 aromatic carbocycles. The van der Waals surface area contributed by atoms with Gasteiger partial charge >= 0.3 is 0 Å². The Morgan fingerprint density at radius 1 is 1.17 bits per heavy atom. The Labute approximate surface area is 109 Å². The van der Waals surface area contributed by atoms with E-state index in [1.165, 1.54) is 0 Å². The van der Waals surface area contributed by atoms with Crippen molar-refractivity contribution in [3.05, 3.63) is 30.3 Å². The highest BCUT2D eigenvalue weighted by molar-refractivity contribution is 7.91. The second kappa shape index (κ2) is 5.85. The molecule has 2 rings (SSSR count). The Hall–Kier alpha value is -0.870. The van der Waals surface area contributed by atoms with Crippen molar-refractivity contribution in [3.63, 3.8) is 0 Å². The summed E-state index contributed by atoms with van der Waals surface area (Å²) in [5.74, 6) is 0.0986. The quantitative estimate of drug-likeness (QED) is 0.846. The summed E-state index contributed by atoms with van der Waals surface area (Å²) in [5, 5.41) is 0. The van der Waals surface area contributed by atoms with Crippen LogP contribution in [0, 0.1) is 0 Å². The van der Waals surface area contributed by atoms with Gasteiger partial charge in [-0.25, -0.2) is 8.42 Å². The number of benzene rings is 1. The summed E-state index contributed by atoms with van der Waals surface area (Å²) in [7, 11) is -3.22. The molecule has 0 aliphatic carbocycles. The second-order valence-corrected chi connectivity index (χ2v) is 6.98. The van der Waals surface area contributed by atoms with Crippen LogP contribution in [0.3, 0.4) is 0 Å². The maximum absolute atomic E-state index is 12.2. The molecule has 0 saturated carbocycles. The summed E-state index contributed by atoms with van der Waals surface area (Å²) >= 11 is 0. The van der Waals surface area contributed by atoms with E-state index < -0.39 is 9.84 Å². The minimum atomic E-state index is -3.22. The average Bonchev–Trinajstić information content (AvgIpc) is 2.54. The van der Waals surface area contributed by atoms with Gasteiger partial charge in [-0.2, -0.15) is 0 Å². The van der Waals surface area contributed by atoms with Crippen LogP contribution in [-0.4, -0.2) is 26.4 Å². The van der Waals surface area contributed by atoms with Crippen molar-refractivity contribution in [2.75, 3.05) is 5.75 Å². The third kappa shape index (κ3) is 3.56. The van der Waals surface area contributed by atoms with Crippen LogP contribution >= 0.6 is 0 Å². The monoisotopic (exact) mass is 268 g/mol. The van der Waals surface area contributed by atoms with Crippen molar-refractivity contribution in [3.8, 4) is 0 Å². The van der Waals surface area contributed by atoms with Crippen LogP contribution in [-0.2, 0) is 14.6 Å². The largest absolute Gasteiger partial charge is 0.374 e. The Kier molecular flexibility index (Phi) is 4.40. The van der Waals surface area contributed by atoms with Gasteiger partial charge in [0.05, 0.1) is 22.9 Å². The van der Waals surface area contributed by atoms with Crippen LogP contribution in [0.4, 0.5) is 0 Å². The third-order valence-corrected chi connectivity index (χ3v) is 5.12. The van der Waals surface area contributed by atoms with Gasteiger partial charge in [0, 0.05) is 0 Å². The van der Waals surface area contributed by atoms with Crippen molar-refractivity contribution >= 4 is 9.84 Å². The van der Waals surface area contributed by atoms with Crippen LogP contribution in [0.5, 0.6) is 0 Å². The first-order valence-corrected chi connectivity index (χ1v) is 8.16. The Morgan fingerprint density at radius 3 is 2.56 bits per heavy atom. The van der Waals surface area contributed by atoms with E-state index in [-0.39, 0.29) is 18.0 Å². The molecule has 0 unspecified atom stereocenters. The Balaban J connectivity index is 2.08. The van der Waals surface area contributed by atoms with Gasteiger partial charge in [0.1, 0.15) is 0 Å². The van der Waals surface area contributed by atoms with Gasteiger partial charge in [-0.1, -0.05) is 31.0 Å². The van der Waals surface area contributed by atoms with Crippen LogP contribution in [0.2, 0.25) is 0 Å². The van der Waals surface area contributed by atoms with Gasteiger partial charge in [-0.15, -0.1) is 0 Å². The molecule has 2 atom stereocenters. The van der Waals surface area contributed by atoms with E-state index in [2.05, 4.69) is 0 Å². The molecule has 1 aliphatic heterocycles. The molecular formula is C14H20O3S. The Bertz CT molecular complexity index is 467. The summed E-state index contributed by atoms with van der Waals surface area (Å²) in [6.45, 7) is 2.02. The molecule has 0 spiro atoms. The maximum atomic E-state index is 12.2. The molecule has 18 heavy (non-hydrogen) atoms. The van der Waals surface area contributed by atoms with E-state index >= 15 is 0 Å². The van der Waals surface area contributed by atoms with Gasteiger partial charge in [0.25, 0.3) is 0 Å². The summed E-state index contributed by atoms with van der Waals surface area (Å²) in [6, 6.07) is 8.63. The highest BCUT2D eigenvalue weighted by Gasteiger charge is 2.24. The molecule has 100 valence electrons.